The molecule has 0 amide bonds. The quantitative estimate of drug-likeness (QED) is 0.518. The minimum absolute atomic E-state index is 0.165. The van der Waals surface area contributed by atoms with Gasteiger partial charge in [0.15, 0.2) is 17.5 Å². The first-order valence-corrected chi connectivity index (χ1v) is 9.10. The van der Waals surface area contributed by atoms with Gasteiger partial charge in [-0.1, -0.05) is 31.5 Å². The highest BCUT2D eigenvalue weighted by Crippen LogP contribution is 2.47. The van der Waals surface area contributed by atoms with Crippen LogP contribution in [0, 0.1) is 35.2 Å². The Morgan fingerprint density at radius 3 is 2.42 bits per heavy atom. The van der Waals surface area contributed by atoms with Gasteiger partial charge in [-0.15, -0.1) is 0 Å². The molecule has 0 radical (unpaired) electrons. The van der Waals surface area contributed by atoms with Crippen molar-refractivity contribution < 1.29 is 13.2 Å². The minimum atomic E-state index is -1.38. The number of halogens is 3. The average Bonchev–Trinajstić information content (AvgIpc) is 2.59. The van der Waals surface area contributed by atoms with Gasteiger partial charge in [-0.05, 0) is 72.8 Å². The largest absolute Gasteiger partial charge is 0.204 e. The first-order valence-electron chi connectivity index (χ1n) is 9.10. The van der Waals surface area contributed by atoms with Gasteiger partial charge in [0.2, 0.25) is 0 Å². The summed E-state index contributed by atoms with van der Waals surface area (Å²) in [6.07, 6.45) is 7.56. The predicted octanol–water partition coefficient (Wildman–Crippen LogP) is 6.58. The lowest BCUT2D eigenvalue weighted by Gasteiger charge is -2.41. The molecule has 2 fully saturated rings. The summed E-state index contributed by atoms with van der Waals surface area (Å²) in [5, 5.41) is 0.626. The topological polar surface area (TPSA) is 0 Å². The second-order valence-electron chi connectivity index (χ2n) is 7.92. The van der Waals surface area contributed by atoms with Gasteiger partial charge in [0.1, 0.15) is 0 Å². The molecule has 0 spiro atoms. The number of fused-ring (bicyclic) bond motifs is 2. The third-order valence-corrected chi connectivity index (χ3v) is 6.34. The van der Waals surface area contributed by atoms with Gasteiger partial charge in [-0.3, -0.25) is 0 Å². The molecule has 24 heavy (non-hydrogen) atoms. The van der Waals surface area contributed by atoms with Crippen LogP contribution in [0.4, 0.5) is 13.2 Å². The van der Waals surface area contributed by atoms with Crippen molar-refractivity contribution in [3.8, 4) is 0 Å². The Bertz CT molecular complexity index is 767. The second kappa shape index (κ2) is 6.09. The number of hydrogen-bond acceptors (Lipinski definition) is 0. The molecule has 128 valence electrons. The summed E-state index contributed by atoms with van der Waals surface area (Å²) >= 11 is 0. The van der Waals surface area contributed by atoms with Gasteiger partial charge < -0.3 is 0 Å². The summed E-state index contributed by atoms with van der Waals surface area (Å²) in [4.78, 5) is 0. The maximum absolute atomic E-state index is 13.9. The molecule has 2 aliphatic rings. The molecule has 0 aliphatic heterocycles. The van der Waals surface area contributed by atoms with E-state index in [1.807, 2.05) is 12.1 Å². The van der Waals surface area contributed by atoms with Crippen molar-refractivity contribution in [2.24, 2.45) is 17.8 Å². The van der Waals surface area contributed by atoms with E-state index in [1.54, 1.807) is 6.07 Å². The van der Waals surface area contributed by atoms with Crippen LogP contribution in [0.3, 0.4) is 0 Å². The highest BCUT2D eigenvalue weighted by atomic mass is 19.2. The summed E-state index contributed by atoms with van der Waals surface area (Å²) in [6.45, 7) is 2.36. The van der Waals surface area contributed by atoms with Crippen molar-refractivity contribution in [2.45, 2.75) is 51.4 Å². The van der Waals surface area contributed by atoms with Gasteiger partial charge in [0.25, 0.3) is 0 Å². The second-order valence-corrected chi connectivity index (χ2v) is 7.92. The molecule has 4 rings (SSSR count). The number of rotatable bonds is 1. The molecule has 0 saturated heterocycles. The van der Waals surface area contributed by atoms with E-state index in [0.717, 1.165) is 35.8 Å². The van der Waals surface area contributed by atoms with Gasteiger partial charge in [0.05, 0.1) is 0 Å². The van der Waals surface area contributed by atoms with Gasteiger partial charge in [0, 0.05) is 5.39 Å². The summed E-state index contributed by atoms with van der Waals surface area (Å²) in [5.41, 5.74) is 1.14. The molecule has 2 saturated carbocycles. The Labute approximate surface area is 141 Å². The molecular formula is C21H23F3. The molecule has 0 aromatic heterocycles. The van der Waals surface area contributed by atoms with E-state index in [9.17, 15) is 13.2 Å². The van der Waals surface area contributed by atoms with E-state index in [-0.39, 0.29) is 5.39 Å². The Morgan fingerprint density at radius 2 is 1.58 bits per heavy atom. The normalized spacial score (nSPS) is 30.3. The van der Waals surface area contributed by atoms with Crippen LogP contribution in [0.15, 0.2) is 24.3 Å². The highest BCUT2D eigenvalue weighted by Gasteiger charge is 2.34. The standard InChI is InChI=1S/C21H23F3/c1-12-2-3-14-9-15(5-4-13(14)8-12)16-6-7-18-17(10-16)11-19(22)21(24)20(18)23/h6-7,10-15H,2-5,8-9H2,1H3/t12-,13?,14-,15?/m1/s1. The average molecular weight is 332 g/mol. The fourth-order valence-electron chi connectivity index (χ4n) is 5.00. The van der Waals surface area contributed by atoms with E-state index >= 15 is 0 Å². The van der Waals surface area contributed by atoms with Crippen LogP contribution in [0.1, 0.15) is 56.9 Å². The van der Waals surface area contributed by atoms with Crippen LogP contribution < -0.4 is 0 Å². The lowest BCUT2D eigenvalue weighted by atomic mass is 9.64. The van der Waals surface area contributed by atoms with E-state index in [4.69, 9.17) is 0 Å². The van der Waals surface area contributed by atoms with Gasteiger partial charge >= 0.3 is 0 Å². The SMILES string of the molecule is C[C@@H]1CC[C@@H]2CC(c3ccc4c(F)c(F)c(F)cc4c3)CCC2C1. The highest BCUT2D eigenvalue weighted by molar-refractivity contribution is 5.84. The number of benzene rings is 2. The molecule has 2 aliphatic carbocycles. The Morgan fingerprint density at radius 1 is 0.833 bits per heavy atom. The molecule has 0 nitrogen and oxygen atoms in total. The fraction of sp³-hybridized carbons (Fsp3) is 0.524. The van der Waals surface area contributed by atoms with Crippen molar-refractivity contribution in [1.82, 2.24) is 0 Å². The third-order valence-electron chi connectivity index (χ3n) is 6.34. The lowest BCUT2D eigenvalue weighted by molar-refractivity contribution is 0.124. The zero-order chi connectivity index (χ0) is 16.8. The van der Waals surface area contributed by atoms with Crippen molar-refractivity contribution in [3.05, 3.63) is 47.3 Å². The Hall–Kier alpha value is -1.51. The maximum Gasteiger partial charge on any atom is 0.195 e. The van der Waals surface area contributed by atoms with Crippen molar-refractivity contribution in [1.29, 1.82) is 0 Å². The molecule has 2 unspecified atom stereocenters. The van der Waals surface area contributed by atoms with E-state index < -0.39 is 17.5 Å². The maximum atomic E-state index is 13.9. The van der Waals surface area contributed by atoms with Crippen molar-refractivity contribution in [3.63, 3.8) is 0 Å². The van der Waals surface area contributed by atoms with Gasteiger partial charge in [-0.2, -0.15) is 0 Å². The molecule has 0 N–H and O–H groups in total. The summed E-state index contributed by atoms with van der Waals surface area (Å²) in [7, 11) is 0. The Balaban J connectivity index is 1.62. The van der Waals surface area contributed by atoms with E-state index in [1.165, 1.54) is 32.1 Å². The van der Waals surface area contributed by atoms with E-state index in [2.05, 4.69) is 6.92 Å². The molecule has 4 atom stereocenters. The minimum Gasteiger partial charge on any atom is -0.204 e. The zero-order valence-electron chi connectivity index (χ0n) is 14.0. The van der Waals surface area contributed by atoms with Crippen molar-refractivity contribution >= 4 is 10.8 Å². The van der Waals surface area contributed by atoms with Crippen molar-refractivity contribution in [2.75, 3.05) is 0 Å². The van der Waals surface area contributed by atoms with Crippen LogP contribution in [-0.4, -0.2) is 0 Å². The molecule has 3 heteroatoms. The first-order chi connectivity index (χ1) is 11.5. The van der Waals surface area contributed by atoms with Crippen LogP contribution in [0.5, 0.6) is 0 Å². The monoisotopic (exact) mass is 332 g/mol. The Kier molecular flexibility index (Phi) is 4.06. The van der Waals surface area contributed by atoms with E-state index in [0.29, 0.717) is 11.3 Å². The zero-order valence-corrected chi connectivity index (χ0v) is 14.0. The molecule has 0 heterocycles. The van der Waals surface area contributed by atoms with Crippen LogP contribution in [0.2, 0.25) is 0 Å². The molecule has 2 aromatic rings. The number of hydrogen-bond donors (Lipinski definition) is 0. The molecule has 2 aromatic carbocycles. The smallest absolute Gasteiger partial charge is 0.195 e. The summed E-state index contributed by atoms with van der Waals surface area (Å²) < 4.78 is 40.8. The first kappa shape index (κ1) is 16.0. The van der Waals surface area contributed by atoms with Crippen LogP contribution in [-0.2, 0) is 0 Å². The predicted molar refractivity (Wildman–Crippen MR) is 90.4 cm³/mol. The lowest BCUT2D eigenvalue weighted by Crippen LogP contribution is -2.29. The molecular weight excluding hydrogens is 309 g/mol. The summed E-state index contributed by atoms with van der Waals surface area (Å²) in [6, 6.07) is 6.49. The van der Waals surface area contributed by atoms with Crippen LogP contribution in [0.25, 0.3) is 10.8 Å². The summed E-state index contributed by atoms with van der Waals surface area (Å²) in [5.74, 6) is -0.618. The van der Waals surface area contributed by atoms with Crippen LogP contribution >= 0.6 is 0 Å². The fourth-order valence-corrected chi connectivity index (χ4v) is 5.00. The van der Waals surface area contributed by atoms with Gasteiger partial charge in [-0.25, -0.2) is 13.2 Å². The third kappa shape index (κ3) is 2.72. The molecule has 0 bridgehead atoms.